The van der Waals surface area contributed by atoms with E-state index in [1.165, 1.54) is 0 Å². The molecule has 1 amide bonds. The number of nitrogens with one attached hydrogen (secondary N) is 1. The van der Waals surface area contributed by atoms with Crippen LogP contribution in [-0.4, -0.2) is 31.0 Å². The number of aliphatic hydroxyl groups is 1. The predicted octanol–water partition coefficient (Wildman–Crippen LogP) is 1.29. The van der Waals surface area contributed by atoms with Crippen LogP contribution in [0, 0.1) is 0 Å². The third-order valence-electron chi connectivity index (χ3n) is 1.63. The number of unbranched alkanes of at least 4 members (excludes halogenated alkanes) is 3. The molecule has 0 aromatic heterocycles. The second-order valence-corrected chi connectivity index (χ2v) is 2.79. The van der Waals surface area contributed by atoms with E-state index in [1.54, 1.807) is 6.92 Å². The molecular formula is C9H19NO3. The van der Waals surface area contributed by atoms with Crippen LogP contribution in [0.3, 0.4) is 0 Å². The van der Waals surface area contributed by atoms with E-state index in [4.69, 9.17) is 5.11 Å². The van der Waals surface area contributed by atoms with E-state index in [9.17, 15) is 4.79 Å². The summed E-state index contributed by atoms with van der Waals surface area (Å²) in [6.07, 6.45) is 3.50. The van der Waals surface area contributed by atoms with Crippen LogP contribution in [0.25, 0.3) is 0 Å². The van der Waals surface area contributed by atoms with Gasteiger partial charge in [-0.25, -0.2) is 4.79 Å². The number of carbonyl (C=O) groups is 1. The molecule has 4 heteroatoms. The van der Waals surface area contributed by atoms with Crippen molar-refractivity contribution in [3.05, 3.63) is 0 Å². The van der Waals surface area contributed by atoms with Crippen molar-refractivity contribution in [1.82, 2.24) is 5.32 Å². The van der Waals surface area contributed by atoms with Gasteiger partial charge in [0.1, 0.15) is 0 Å². The van der Waals surface area contributed by atoms with Gasteiger partial charge in [-0.15, -0.1) is 0 Å². The first-order valence-corrected chi connectivity index (χ1v) is 4.82. The zero-order valence-electron chi connectivity index (χ0n) is 8.21. The minimum absolute atomic E-state index is 0.255. The first kappa shape index (κ1) is 12.2. The van der Waals surface area contributed by atoms with Crippen molar-refractivity contribution >= 4 is 6.09 Å². The summed E-state index contributed by atoms with van der Waals surface area (Å²) in [5.41, 5.74) is 0. The fourth-order valence-electron chi connectivity index (χ4n) is 0.963. The first-order valence-electron chi connectivity index (χ1n) is 4.82. The topological polar surface area (TPSA) is 58.6 Å². The molecule has 0 fully saturated rings. The van der Waals surface area contributed by atoms with Crippen LogP contribution < -0.4 is 5.32 Å². The number of amides is 1. The van der Waals surface area contributed by atoms with Crippen molar-refractivity contribution in [2.75, 3.05) is 19.8 Å². The fourth-order valence-corrected chi connectivity index (χ4v) is 0.963. The average molecular weight is 189 g/mol. The van der Waals surface area contributed by atoms with E-state index in [0.717, 1.165) is 25.7 Å². The van der Waals surface area contributed by atoms with Crippen molar-refractivity contribution < 1.29 is 14.6 Å². The third kappa shape index (κ3) is 9.14. The molecule has 0 aromatic rings. The van der Waals surface area contributed by atoms with Crippen molar-refractivity contribution in [3.63, 3.8) is 0 Å². The monoisotopic (exact) mass is 189 g/mol. The standard InChI is InChI=1S/C9H19NO3/c1-2-13-9(12)10-7-5-3-4-6-8-11/h11H,2-8H2,1H3,(H,10,12). The molecule has 0 aliphatic heterocycles. The summed E-state index contributed by atoms with van der Waals surface area (Å²) in [4.78, 5) is 10.8. The fraction of sp³-hybridized carbons (Fsp3) is 0.889. The Labute approximate surface area is 79.3 Å². The molecule has 0 saturated carbocycles. The second-order valence-electron chi connectivity index (χ2n) is 2.79. The molecule has 0 radical (unpaired) electrons. The van der Waals surface area contributed by atoms with Crippen LogP contribution in [0.4, 0.5) is 4.79 Å². The Bertz CT molecular complexity index is 128. The van der Waals surface area contributed by atoms with E-state index < -0.39 is 0 Å². The third-order valence-corrected chi connectivity index (χ3v) is 1.63. The van der Waals surface area contributed by atoms with Crippen LogP contribution in [0.1, 0.15) is 32.6 Å². The molecule has 0 aromatic carbocycles. The summed E-state index contributed by atoms with van der Waals surface area (Å²) in [5.74, 6) is 0. The largest absolute Gasteiger partial charge is 0.450 e. The average Bonchev–Trinajstić information content (AvgIpc) is 2.11. The molecule has 0 atom stereocenters. The highest BCUT2D eigenvalue weighted by molar-refractivity contribution is 5.66. The van der Waals surface area contributed by atoms with Gasteiger partial charge < -0.3 is 15.2 Å². The lowest BCUT2D eigenvalue weighted by atomic mass is 10.2. The summed E-state index contributed by atoms with van der Waals surface area (Å²) in [5, 5.41) is 11.1. The zero-order valence-corrected chi connectivity index (χ0v) is 8.21. The highest BCUT2D eigenvalue weighted by Gasteiger charge is 1.97. The molecule has 0 spiro atoms. The number of ether oxygens (including phenoxy) is 1. The summed E-state index contributed by atoms with van der Waals surface area (Å²) >= 11 is 0. The van der Waals surface area contributed by atoms with E-state index >= 15 is 0 Å². The minimum Gasteiger partial charge on any atom is -0.450 e. The number of hydrogen-bond donors (Lipinski definition) is 2. The van der Waals surface area contributed by atoms with Crippen LogP contribution in [0.5, 0.6) is 0 Å². The quantitative estimate of drug-likeness (QED) is 0.593. The van der Waals surface area contributed by atoms with Gasteiger partial charge in [0.2, 0.25) is 0 Å². The number of alkyl carbamates (subject to hydrolysis) is 1. The van der Waals surface area contributed by atoms with Crippen LogP contribution in [-0.2, 0) is 4.74 Å². The molecular weight excluding hydrogens is 170 g/mol. The van der Waals surface area contributed by atoms with Gasteiger partial charge in [0.05, 0.1) is 6.61 Å². The van der Waals surface area contributed by atoms with Gasteiger partial charge in [-0.3, -0.25) is 0 Å². The number of aliphatic hydroxyl groups excluding tert-OH is 1. The SMILES string of the molecule is CCOC(=O)NCCCCCCO. The Kier molecular flexibility index (Phi) is 8.77. The molecule has 4 nitrogen and oxygen atoms in total. The van der Waals surface area contributed by atoms with E-state index in [1.807, 2.05) is 0 Å². The summed E-state index contributed by atoms with van der Waals surface area (Å²) < 4.78 is 4.68. The molecule has 0 unspecified atom stereocenters. The maximum absolute atomic E-state index is 10.8. The maximum Gasteiger partial charge on any atom is 0.407 e. The number of rotatable bonds is 7. The van der Waals surface area contributed by atoms with Gasteiger partial charge in [0.25, 0.3) is 0 Å². The van der Waals surface area contributed by atoms with Crippen molar-refractivity contribution in [1.29, 1.82) is 0 Å². The lowest BCUT2D eigenvalue weighted by Crippen LogP contribution is -2.25. The van der Waals surface area contributed by atoms with E-state index in [2.05, 4.69) is 10.1 Å². The van der Waals surface area contributed by atoms with Gasteiger partial charge in [0.15, 0.2) is 0 Å². The first-order chi connectivity index (χ1) is 6.31. The van der Waals surface area contributed by atoms with Crippen LogP contribution >= 0.6 is 0 Å². The van der Waals surface area contributed by atoms with Crippen molar-refractivity contribution in [2.24, 2.45) is 0 Å². The Balaban J connectivity index is 3.02. The van der Waals surface area contributed by atoms with Gasteiger partial charge in [0, 0.05) is 13.2 Å². The van der Waals surface area contributed by atoms with E-state index in [0.29, 0.717) is 13.2 Å². The number of hydrogen-bond acceptors (Lipinski definition) is 3. The van der Waals surface area contributed by atoms with Gasteiger partial charge in [-0.1, -0.05) is 12.8 Å². The smallest absolute Gasteiger partial charge is 0.407 e. The Morgan fingerprint density at radius 2 is 2.00 bits per heavy atom. The molecule has 0 heterocycles. The molecule has 78 valence electrons. The molecule has 0 aliphatic rings. The molecule has 0 saturated heterocycles. The summed E-state index contributed by atoms with van der Waals surface area (Å²) in [6, 6.07) is 0. The maximum atomic E-state index is 10.8. The zero-order chi connectivity index (χ0) is 9.94. The highest BCUT2D eigenvalue weighted by atomic mass is 16.5. The Morgan fingerprint density at radius 1 is 1.31 bits per heavy atom. The molecule has 2 N–H and O–H groups in total. The normalized spacial score (nSPS) is 9.69. The molecule has 0 rings (SSSR count). The van der Waals surface area contributed by atoms with Crippen LogP contribution in [0.2, 0.25) is 0 Å². The number of carbonyl (C=O) groups excluding carboxylic acids is 1. The van der Waals surface area contributed by atoms with Crippen molar-refractivity contribution in [3.8, 4) is 0 Å². The summed E-state index contributed by atoms with van der Waals surface area (Å²) in [7, 11) is 0. The Morgan fingerprint density at radius 3 is 2.62 bits per heavy atom. The predicted molar refractivity (Wildman–Crippen MR) is 50.6 cm³/mol. The van der Waals surface area contributed by atoms with Gasteiger partial charge in [-0.05, 0) is 19.8 Å². The van der Waals surface area contributed by atoms with Crippen molar-refractivity contribution in [2.45, 2.75) is 32.6 Å². The van der Waals surface area contributed by atoms with E-state index in [-0.39, 0.29) is 12.7 Å². The van der Waals surface area contributed by atoms with Crippen LogP contribution in [0.15, 0.2) is 0 Å². The molecule has 0 bridgehead atoms. The molecule has 13 heavy (non-hydrogen) atoms. The lowest BCUT2D eigenvalue weighted by molar-refractivity contribution is 0.152. The summed E-state index contributed by atoms with van der Waals surface area (Å²) in [6.45, 7) is 3.10. The highest BCUT2D eigenvalue weighted by Crippen LogP contribution is 1.97. The Hall–Kier alpha value is -0.770. The molecule has 0 aliphatic carbocycles. The second kappa shape index (κ2) is 9.32. The van der Waals surface area contributed by atoms with Gasteiger partial charge in [-0.2, -0.15) is 0 Å². The minimum atomic E-state index is -0.343. The lowest BCUT2D eigenvalue weighted by Gasteiger charge is -2.04. The van der Waals surface area contributed by atoms with Gasteiger partial charge >= 0.3 is 6.09 Å².